The molecule has 6 nitrogen and oxygen atoms in total. The van der Waals surface area contributed by atoms with Gasteiger partial charge in [0.25, 0.3) is 0 Å². The van der Waals surface area contributed by atoms with Crippen LogP contribution in [0.2, 0.25) is 0 Å². The Labute approximate surface area is 204 Å². The molecule has 0 saturated carbocycles. The summed E-state index contributed by atoms with van der Waals surface area (Å²) in [6.07, 6.45) is 11.3. The van der Waals surface area contributed by atoms with Crippen LogP contribution in [-0.4, -0.2) is 46.5 Å². The standard InChI is InChI=1S/C26H44N2O4S/c1-18(2)10-8-11-20(5)12-9-13-21(6)14-15-33-17-24(26(31)32)28-25(30)23(16-19(3)4)27-22(7)29/h10,12,14,19,23-24H,8-9,11,13,15-17H2,1-7H3,(H,27,29)(H,28,30)(H,31,32)/b20-12+,21-14+/t23?,24-/m0/s1. The van der Waals surface area contributed by atoms with E-state index in [0.29, 0.717) is 12.2 Å². The number of amides is 2. The fourth-order valence-electron chi connectivity index (χ4n) is 3.12. The number of carbonyl (C=O) groups is 3. The predicted molar refractivity (Wildman–Crippen MR) is 139 cm³/mol. The third kappa shape index (κ3) is 17.2. The van der Waals surface area contributed by atoms with Crippen molar-refractivity contribution >= 4 is 29.5 Å². The molecule has 0 heterocycles. The van der Waals surface area contributed by atoms with Gasteiger partial charge in [0.15, 0.2) is 0 Å². The topological polar surface area (TPSA) is 95.5 Å². The van der Waals surface area contributed by atoms with Gasteiger partial charge in [-0.25, -0.2) is 4.79 Å². The summed E-state index contributed by atoms with van der Waals surface area (Å²) in [5.74, 6) is -0.690. The van der Waals surface area contributed by atoms with E-state index < -0.39 is 24.0 Å². The fraction of sp³-hybridized carbons (Fsp3) is 0.654. The highest BCUT2D eigenvalue weighted by molar-refractivity contribution is 7.99. The van der Waals surface area contributed by atoms with E-state index in [4.69, 9.17) is 0 Å². The van der Waals surface area contributed by atoms with Crippen molar-refractivity contribution < 1.29 is 19.5 Å². The molecule has 0 bridgehead atoms. The quantitative estimate of drug-likeness (QED) is 0.207. The number of allylic oxidation sites excluding steroid dienone is 5. The van der Waals surface area contributed by atoms with Crippen molar-refractivity contribution in [2.45, 2.75) is 92.7 Å². The van der Waals surface area contributed by atoms with Gasteiger partial charge >= 0.3 is 5.97 Å². The maximum atomic E-state index is 12.5. The van der Waals surface area contributed by atoms with E-state index in [1.54, 1.807) is 0 Å². The summed E-state index contributed by atoms with van der Waals surface area (Å²) in [6, 6.07) is -1.72. The molecule has 2 atom stereocenters. The summed E-state index contributed by atoms with van der Waals surface area (Å²) in [5.41, 5.74) is 4.03. The smallest absolute Gasteiger partial charge is 0.327 e. The van der Waals surface area contributed by atoms with Crippen LogP contribution in [0, 0.1) is 5.92 Å². The highest BCUT2D eigenvalue weighted by Crippen LogP contribution is 2.13. The summed E-state index contributed by atoms with van der Waals surface area (Å²) in [7, 11) is 0. The molecule has 188 valence electrons. The van der Waals surface area contributed by atoms with Crippen LogP contribution < -0.4 is 10.6 Å². The van der Waals surface area contributed by atoms with Gasteiger partial charge in [-0.3, -0.25) is 9.59 Å². The van der Waals surface area contributed by atoms with Gasteiger partial charge in [-0.2, -0.15) is 11.8 Å². The Hall–Kier alpha value is -2.02. The second-order valence-electron chi connectivity index (χ2n) is 9.28. The van der Waals surface area contributed by atoms with Crippen LogP contribution >= 0.6 is 11.8 Å². The summed E-state index contributed by atoms with van der Waals surface area (Å²) >= 11 is 1.47. The summed E-state index contributed by atoms with van der Waals surface area (Å²) in [6.45, 7) is 13.7. The SMILES string of the molecule is CC(=O)NC(CC(C)C)C(=O)N[C@@H](CSC/C=C(\C)CC/C=C(\C)CCC=C(C)C)C(=O)O. The first-order chi connectivity index (χ1) is 15.4. The number of rotatable bonds is 16. The van der Waals surface area contributed by atoms with Gasteiger partial charge in [0.2, 0.25) is 11.8 Å². The van der Waals surface area contributed by atoms with E-state index in [1.807, 2.05) is 13.8 Å². The minimum Gasteiger partial charge on any atom is -0.480 e. The van der Waals surface area contributed by atoms with Crippen molar-refractivity contribution in [3.05, 3.63) is 34.9 Å². The Kier molecular flexibility index (Phi) is 16.4. The Morgan fingerprint density at radius 3 is 1.94 bits per heavy atom. The van der Waals surface area contributed by atoms with Crippen molar-refractivity contribution in [2.24, 2.45) is 5.92 Å². The zero-order valence-corrected chi connectivity index (χ0v) is 22.3. The van der Waals surface area contributed by atoms with Crippen molar-refractivity contribution in [3.63, 3.8) is 0 Å². The lowest BCUT2D eigenvalue weighted by Crippen LogP contribution is -2.52. The van der Waals surface area contributed by atoms with E-state index >= 15 is 0 Å². The van der Waals surface area contributed by atoms with Crippen LogP contribution in [0.25, 0.3) is 0 Å². The van der Waals surface area contributed by atoms with E-state index in [0.717, 1.165) is 25.7 Å². The number of carbonyl (C=O) groups excluding carboxylic acids is 2. The van der Waals surface area contributed by atoms with Gasteiger partial charge in [0.05, 0.1) is 0 Å². The molecule has 7 heteroatoms. The van der Waals surface area contributed by atoms with Crippen LogP contribution in [-0.2, 0) is 14.4 Å². The van der Waals surface area contributed by atoms with Crippen molar-refractivity contribution in [2.75, 3.05) is 11.5 Å². The third-order valence-electron chi connectivity index (χ3n) is 4.97. The molecule has 0 aromatic rings. The minimum absolute atomic E-state index is 0.189. The molecule has 1 unspecified atom stereocenters. The number of nitrogens with one attached hydrogen (secondary N) is 2. The van der Waals surface area contributed by atoms with Crippen LogP contribution in [0.15, 0.2) is 34.9 Å². The molecule has 0 saturated heterocycles. The normalized spacial score (nSPS) is 13.9. The van der Waals surface area contributed by atoms with Crippen molar-refractivity contribution in [3.8, 4) is 0 Å². The Balaban J connectivity index is 4.55. The van der Waals surface area contributed by atoms with E-state index in [1.165, 1.54) is 35.4 Å². The van der Waals surface area contributed by atoms with Crippen LogP contribution in [0.4, 0.5) is 0 Å². The molecule has 0 aliphatic heterocycles. The highest BCUT2D eigenvalue weighted by Gasteiger charge is 2.26. The maximum Gasteiger partial charge on any atom is 0.327 e. The second kappa shape index (κ2) is 17.5. The third-order valence-corrected chi connectivity index (χ3v) is 5.94. The maximum absolute atomic E-state index is 12.5. The lowest BCUT2D eigenvalue weighted by atomic mass is 10.0. The summed E-state index contributed by atoms with van der Waals surface area (Å²) in [4.78, 5) is 35.5. The largest absolute Gasteiger partial charge is 0.480 e. The van der Waals surface area contributed by atoms with E-state index in [9.17, 15) is 19.5 Å². The van der Waals surface area contributed by atoms with Crippen LogP contribution in [0.5, 0.6) is 0 Å². The predicted octanol–water partition coefficient (Wildman–Crippen LogP) is 5.26. The van der Waals surface area contributed by atoms with Gasteiger partial charge in [-0.1, -0.05) is 48.8 Å². The van der Waals surface area contributed by atoms with Gasteiger partial charge in [0, 0.05) is 18.4 Å². The Bertz CT molecular complexity index is 722. The molecule has 0 rings (SSSR count). The number of hydrogen-bond acceptors (Lipinski definition) is 4. The molecule has 3 N–H and O–H groups in total. The lowest BCUT2D eigenvalue weighted by Gasteiger charge is -2.22. The second-order valence-corrected chi connectivity index (χ2v) is 10.4. The van der Waals surface area contributed by atoms with Crippen LogP contribution in [0.1, 0.15) is 80.6 Å². The molecule has 0 aliphatic rings. The van der Waals surface area contributed by atoms with Crippen molar-refractivity contribution in [1.82, 2.24) is 10.6 Å². The van der Waals surface area contributed by atoms with Gasteiger partial charge in [-0.05, 0) is 65.7 Å². The zero-order valence-electron chi connectivity index (χ0n) is 21.5. The zero-order chi connectivity index (χ0) is 25.4. The highest BCUT2D eigenvalue weighted by atomic mass is 32.2. The number of carboxylic acids is 1. The molecule has 33 heavy (non-hydrogen) atoms. The van der Waals surface area contributed by atoms with Crippen LogP contribution in [0.3, 0.4) is 0 Å². The Morgan fingerprint density at radius 2 is 1.42 bits per heavy atom. The monoisotopic (exact) mass is 480 g/mol. The first-order valence-corrected chi connectivity index (χ1v) is 12.9. The average Bonchev–Trinajstić information content (AvgIpc) is 2.68. The molecule has 0 aromatic carbocycles. The molecule has 0 spiro atoms. The molecular weight excluding hydrogens is 436 g/mol. The van der Waals surface area contributed by atoms with E-state index in [-0.39, 0.29) is 17.6 Å². The summed E-state index contributed by atoms with van der Waals surface area (Å²) in [5, 5.41) is 14.7. The van der Waals surface area contributed by atoms with E-state index in [2.05, 4.69) is 56.6 Å². The number of thioether (sulfide) groups is 1. The van der Waals surface area contributed by atoms with Gasteiger partial charge in [-0.15, -0.1) is 0 Å². The molecule has 0 aromatic heterocycles. The molecule has 0 fully saturated rings. The molecule has 0 aliphatic carbocycles. The number of hydrogen-bond donors (Lipinski definition) is 3. The molecule has 0 radical (unpaired) electrons. The number of aliphatic carboxylic acids is 1. The average molecular weight is 481 g/mol. The van der Waals surface area contributed by atoms with Gasteiger partial charge < -0.3 is 15.7 Å². The minimum atomic E-state index is -1.07. The molecular formula is C26H44N2O4S. The summed E-state index contributed by atoms with van der Waals surface area (Å²) < 4.78 is 0. The van der Waals surface area contributed by atoms with Gasteiger partial charge in [0.1, 0.15) is 12.1 Å². The first-order valence-electron chi connectivity index (χ1n) is 11.7. The number of carboxylic acid groups (broad SMARTS) is 1. The first kappa shape index (κ1) is 31.0. The molecule has 2 amide bonds. The Morgan fingerprint density at radius 1 is 0.848 bits per heavy atom. The van der Waals surface area contributed by atoms with Crippen molar-refractivity contribution in [1.29, 1.82) is 0 Å². The lowest BCUT2D eigenvalue weighted by molar-refractivity contribution is -0.141. The fourth-order valence-corrected chi connectivity index (χ4v) is 4.12.